The Bertz CT molecular complexity index is 871. The molecular weight excluding hydrogens is 340 g/mol. The number of nitrogens with one attached hydrogen (secondary N) is 1. The van der Waals surface area contributed by atoms with E-state index >= 15 is 0 Å². The molecule has 0 bridgehead atoms. The van der Waals surface area contributed by atoms with Gasteiger partial charge in [-0.25, -0.2) is 4.98 Å². The summed E-state index contributed by atoms with van der Waals surface area (Å²) in [5.74, 6) is 0.969. The number of benzene rings is 1. The van der Waals surface area contributed by atoms with E-state index in [1.165, 1.54) is 0 Å². The van der Waals surface area contributed by atoms with E-state index in [1.54, 1.807) is 12.1 Å². The molecule has 27 heavy (non-hydrogen) atoms. The molecule has 0 saturated carbocycles. The molecule has 0 radical (unpaired) electrons. The smallest absolute Gasteiger partial charge is 0.251 e. The Hall–Kier alpha value is -2.86. The molecule has 0 fully saturated rings. The van der Waals surface area contributed by atoms with E-state index in [2.05, 4.69) is 24.1 Å². The van der Waals surface area contributed by atoms with E-state index in [0.29, 0.717) is 30.4 Å². The van der Waals surface area contributed by atoms with Crippen molar-refractivity contribution in [1.82, 2.24) is 14.7 Å². The lowest BCUT2D eigenvalue weighted by molar-refractivity contribution is 0.0933. The maximum Gasteiger partial charge on any atom is 0.251 e. The number of carbonyl (C=O) groups excluding carboxylic acids is 1. The Morgan fingerprint density at radius 1 is 1.26 bits per heavy atom. The van der Waals surface area contributed by atoms with Crippen LogP contribution in [0.2, 0.25) is 0 Å². The van der Waals surface area contributed by atoms with Crippen molar-refractivity contribution in [3.63, 3.8) is 0 Å². The first-order chi connectivity index (χ1) is 13.0. The quantitative estimate of drug-likeness (QED) is 0.642. The minimum Gasteiger partial charge on any atom is -0.487 e. The summed E-state index contributed by atoms with van der Waals surface area (Å²) in [7, 11) is 0. The molecule has 3 rings (SSSR count). The summed E-state index contributed by atoms with van der Waals surface area (Å²) in [4.78, 5) is 17.0. The number of pyridine rings is 1. The topological polar surface area (TPSA) is 81.6 Å². The normalized spacial score (nSPS) is 12.3. The van der Waals surface area contributed by atoms with Crippen LogP contribution in [0.1, 0.15) is 36.3 Å². The first-order valence-electron chi connectivity index (χ1n) is 9.21. The van der Waals surface area contributed by atoms with Crippen LogP contribution in [0.25, 0.3) is 5.65 Å². The summed E-state index contributed by atoms with van der Waals surface area (Å²) >= 11 is 0. The van der Waals surface area contributed by atoms with Crippen molar-refractivity contribution in [2.24, 2.45) is 11.7 Å². The summed E-state index contributed by atoms with van der Waals surface area (Å²) in [5.41, 5.74) is 8.04. The Balaban J connectivity index is 1.63. The number of ether oxygens (including phenoxy) is 1. The van der Waals surface area contributed by atoms with E-state index in [0.717, 1.165) is 17.8 Å². The Morgan fingerprint density at radius 2 is 2.11 bits per heavy atom. The monoisotopic (exact) mass is 366 g/mol. The van der Waals surface area contributed by atoms with Gasteiger partial charge in [-0.05, 0) is 42.7 Å². The number of amides is 1. The lowest BCUT2D eigenvalue weighted by Gasteiger charge is -2.19. The molecule has 0 aliphatic rings. The fraction of sp³-hybridized carbons (Fsp3) is 0.333. The molecule has 3 aromatic rings. The largest absolute Gasteiger partial charge is 0.487 e. The molecule has 6 nitrogen and oxygen atoms in total. The molecule has 1 aromatic carbocycles. The van der Waals surface area contributed by atoms with Crippen molar-refractivity contribution in [2.75, 3.05) is 6.54 Å². The molecule has 6 heteroatoms. The van der Waals surface area contributed by atoms with Crippen molar-refractivity contribution in [1.29, 1.82) is 0 Å². The van der Waals surface area contributed by atoms with Crippen LogP contribution in [-0.4, -0.2) is 27.9 Å². The Morgan fingerprint density at radius 3 is 2.85 bits per heavy atom. The van der Waals surface area contributed by atoms with Crippen molar-refractivity contribution in [2.45, 2.75) is 32.9 Å². The van der Waals surface area contributed by atoms with Gasteiger partial charge in [0.2, 0.25) is 0 Å². The molecule has 1 atom stereocenters. The van der Waals surface area contributed by atoms with Crippen molar-refractivity contribution < 1.29 is 9.53 Å². The summed E-state index contributed by atoms with van der Waals surface area (Å²) in [5, 5.41) is 3.00. The van der Waals surface area contributed by atoms with Gasteiger partial charge in [0, 0.05) is 30.5 Å². The Labute approximate surface area is 159 Å². The summed E-state index contributed by atoms with van der Waals surface area (Å²) in [6.07, 6.45) is 4.73. The van der Waals surface area contributed by atoms with Crippen molar-refractivity contribution >= 4 is 11.6 Å². The zero-order valence-electron chi connectivity index (χ0n) is 15.8. The maximum absolute atomic E-state index is 12.5. The highest BCUT2D eigenvalue weighted by Gasteiger charge is 2.14. The number of hydrogen-bond donors (Lipinski definition) is 2. The van der Waals surface area contributed by atoms with Gasteiger partial charge in [0.25, 0.3) is 5.91 Å². The van der Waals surface area contributed by atoms with Gasteiger partial charge in [-0.2, -0.15) is 0 Å². The predicted molar refractivity (Wildman–Crippen MR) is 106 cm³/mol. The number of imidazole rings is 1. The summed E-state index contributed by atoms with van der Waals surface area (Å²) in [6.45, 7) is 4.99. The second-order valence-corrected chi connectivity index (χ2v) is 7.05. The number of fused-ring (bicyclic) bond motifs is 1. The van der Waals surface area contributed by atoms with Gasteiger partial charge in [-0.3, -0.25) is 4.79 Å². The van der Waals surface area contributed by atoms with E-state index in [4.69, 9.17) is 10.5 Å². The van der Waals surface area contributed by atoms with Gasteiger partial charge in [-0.15, -0.1) is 0 Å². The van der Waals surface area contributed by atoms with Crippen LogP contribution < -0.4 is 15.8 Å². The summed E-state index contributed by atoms with van der Waals surface area (Å²) in [6, 6.07) is 13.0. The zero-order valence-corrected chi connectivity index (χ0v) is 15.8. The molecule has 3 N–H and O–H groups in total. The van der Waals surface area contributed by atoms with Crippen LogP contribution in [0.5, 0.6) is 5.75 Å². The van der Waals surface area contributed by atoms with Crippen molar-refractivity contribution in [3.05, 3.63) is 66.1 Å². The number of aromatic nitrogens is 2. The minimum absolute atomic E-state index is 0.0277. The molecule has 1 amide bonds. The van der Waals surface area contributed by atoms with E-state index in [9.17, 15) is 4.79 Å². The van der Waals surface area contributed by atoms with Crippen LogP contribution >= 0.6 is 0 Å². The van der Waals surface area contributed by atoms with E-state index in [-0.39, 0.29) is 11.9 Å². The van der Waals surface area contributed by atoms with Gasteiger partial charge in [0.05, 0.1) is 5.69 Å². The molecule has 142 valence electrons. The zero-order chi connectivity index (χ0) is 19.2. The third-order valence-electron chi connectivity index (χ3n) is 4.27. The number of carbonyl (C=O) groups is 1. The fourth-order valence-corrected chi connectivity index (χ4v) is 2.99. The molecule has 0 aliphatic heterocycles. The van der Waals surface area contributed by atoms with Gasteiger partial charge in [-0.1, -0.05) is 26.0 Å². The number of nitrogens with two attached hydrogens (primary N) is 1. The lowest BCUT2D eigenvalue weighted by atomic mass is 10.0. The molecule has 2 aromatic heterocycles. The van der Waals surface area contributed by atoms with Crippen LogP contribution in [0.3, 0.4) is 0 Å². The molecular formula is C21H26N4O2. The van der Waals surface area contributed by atoms with Crippen LogP contribution in [-0.2, 0) is 6.61 Å². The average Bonchev–Trinajstić information content (AvgIpc) is 3.08. The Kier molecular flexibility index (Phi) is 6.08. The summed E-state index contributed by atoms with van der Waals surface area (Å²) < 4.78 is 7.78. The van der Waals surface area contributed by atoms with E-state index < -0.39 is 0 Å². The second-order valence-electron chi connectivity index (χ2n) is 7.05. The molecule has 0 spiro atoms. The third kappa shape index (κ3) is 5.08. The third-order valence-corrected chi connectivity index (χ3v) is 4.27. The van der Waals surface area contributed by atoms with E-state index in [1.807, 2.05) is 47.1 Å². The standard InChI is InChI=1S/C21H26N4O2/c1-15(2)10-17(12-22)24-21(26)16-6-5-7-19(11-16)27-14-18-13-25-9-4-3-8-20(25)23-18/h3-9,11,13,15,17H,10,12,14,22H2,1-2H3,(H,24,26). The molecule has 1 unspecified atom stereocenters. The fourth-order valence-electron chi connectivity index (χ4n) is 2.99. The van der Waals surface area contributed by atoms with Crippen LogP contribution in [0.15, 0.2) is 54.9 Å². The van der Waals surface area contributed by atoms with Gasteiger partial charge in [0.1, 0.15) is 18.0 Å². The number of nitrogens with zero attached hydrogens (tertiary/aromatic N) is 2. The van der Waals surface area contributed by atoms with Gasteiger partial charge >= 0.3 is 0 Å². The first kappa shape index (κ1) is 18.9. The van der Waals surface area contributed by atoms with Gasteiger partial charge < -0.3 is 20.2 Å². The average molecular weight is 366 g/mol. The maximum atomic E-state index is 12.5. The van der Waals surface area contributed by atoms with Crippen LogP contribution in [0.4, 0.5) is 0 Å². The molecule has 0 saturated heterocycles. The number of hydrogen-bond acceptors (Lipinski definition) is 4. The second kappa shape index (κ2) is 8.68. The highest BCUT2D eigenvalue weighted by Crippen LogP contribution is 2.16. The molecule has 2 heterocycles. The lowest BCUT2D eigenvalue weighted by Crippen LogP contribution is -2.41. The SMILES string of the molecule is CC(C)CC(CN)NC(=O)c1cccc(OCc2cn3ccccc3n2)c1. The highest BCUT2D eigenvalue weighted by atomic mass is 16.5. The minimum atomic E-state index is -0.135. The number of rotatable bonds is 8. The first-order valence-corrected chi connectivity index (χ1v) is 9.21. The van der Waals surface area contributed by atoms with Gasteiger partial charge in [0.15, 0.2) is 0 Å². The predicted octanol–water partition coefficient (Wildman–Crippen LogP) is 3.02. The van der Waals surface area contributed by atoms with Crippen molar-refractivity contribution in [3.8, 4) is 5.75 Å². The van der Waals surface area contributed by atoms with Crippen LogP contribution in [0, 0.1) is 5.92 Å². The molecule has 0 aliphatic carbocycles. The highest BCUT2D eigenvalue weighted by molar-refractivity contribution is 5.94.